The maximum Gasteiger partial charge on any atom is 0.235 e. The number of amides is 1. The Morgan fingerprint density at radius 1 is 1.33 bits per heavy atom. The summed E-state index contributed by atoms with van der Waals surface area (Å²) in [5, 5.41) is 1.34. The molecule has 0 aliphatic carbocycles. The molecule has 0 spiro atoms. The van der Waals surface area contributed by atoms with Crippen LogP contribution in [0.4, 0.5) is 5.82 Å². The summed E-state index contributed by atoms with van der Waals surface area (Å²) in [7, 11) is 0. The topological polar surface area (TPSA) is 72.1 Å². The number of carbonyl (C=O) groups is 1. The average molecular weight is 365 g/mol. The first-order chi connectivity index (χ1) is 11.4. The summed E-state index contributed by atoms with van der Waals surface area (Å²) >= 11 is 3.03. The number of thiophene rings is 1. The summed E-state index contributed by atoms with van der Waals surface area (Å²) < 4.78 is 0. The number of fused-ring (bicyclic) bond motifs is 1. The largest absolute Gasteiger partial charge is 0.383 e. The third-order valence-corrected chi connectivity index (χ3v) is 6.81. The van der Waals surface area contributed by atoms with E-state index in [-0.39, 0.29) is 11.2 Å². The van der Waals surface area contributed by atoms with E-state index in [9.17, 15) is 4.79 Å². The third-order valence-electron chi connectivity index (χ3n) is 4.76. The van der Waals surface area contributed by atoms with E-state index in [2.05, 4.69) is 23.8 Å². The van der Waals surface area contributed by atoms with E-state index in [0.717, 1.165) is 41.7 Å². The second-order valence-corrected chi connectivity index (χ2v) is 9.13. The normalized spacial score (nSPS) is 17.4. The molecule has 1 aliphatic heterocycles. The number of piperidine rings is 1. The number of aryl methyl sites for hydroxylation is 2. The smallest absolute Gasteiger partial charge is 0.235 e. The molecule has 2 N–H and O–H groups in total. The van der Waals surface area contributed by atoms with E-state index in [4.69, 9.17) is 5.73 Å². The summed E-state index contributed by atoms with van der Waals surface area (Å²) in [6, 6.07) is 0. The maximum absolute atomic E-state index is 12.6. The highest BCUT2D eigenvalue weighted by atomic mass is 32.2. The van der Waals surface area contributed by atoms with Crippen LogP contribution < -0.4 is 5.73 Å². The zero-order valence-electron chi connectivity index (χ0n) is 14.6. The van der Waals surface area contributed by atoms with Crippen LogP contribution in [-0.2, 0) is 4.79 Å². The minimum absolute atomic E-state index is 0.174. The van der Waals surface area contributed by atoms with Gasteiger partial charge in [-0.1, -0.05) is 18.7 Å². The Kier molecular flexibility index (Phi) is 5.01. The monoisotopic (exact) mass is 364 g/mol. The SMILES string of the molecule is Cc1sc2nc(SC(C)C(=O)N3CCC(C)CC3)nc(N)c2c1C. The van der Waals surface area contributed by atoms with Crippen molar-refractivity contribution in [1.82, 2.24) is 14.9 Å². The summed E-state index contributed by atoms with van der Waals surface area (Å²) in [4.78, 5) is 25.8. The number of thioether (sulfide) groups is 1. The predicted molar refractivity (Wildman–Crippen MR) is 102 cm³/mol. The second-order valence-electron chi connectivity index (χ2n) is 6.62. The molecule has 1 atom stereocenters. The number of nitrogen functional groups attached to an aromatic ring is 1. The Morgan fingerprint density at radius 3 is 2.67 bits per heavy atom. The molecule has 24 heavy (non-hydrogen) atoms. The van der Waals surface area contributed by atoms with Gasteiger partial charge >= 0.3 is 0 Å². The van der Waals surface area contributed by atoms with Crippen LogP contribution in [0.25, 0.3) is 10.2 Å². The van der Waals surface area contributed by atoms with Crippen molar-refractivity contribution in [3.05, 3.63) is 10.4 Å². The van der Waals surface area contributed by atoms with E-state index in [0.29, 0.717) is 16.9 Å². The lowest BCUT2D eigenvalue weighted by molar-refractivity contribution is -0.131. The summed E-state index contributed by atoms with van der Waals surface area (Å²) in [6.45, 7) is 10.0. The van der Waals surface area contributed by atoms with Gasteiger partial charge in [0.05, 0.1) is 10.6 Å². The van der Waals surface area contributed by atoms with Crippen LogP contribution in [0, 0.1) is 19.8 Å². The summed E-state index contributed by atoms with van der Waals surface area (Å²) in [5.74, 6) is 1.40. The first-order valence-corrected chi connectivity index (χ1v) is 10.0. The van der Waals surface area contributed by atoms with Gasteiger partial charge in [0.15, 0.2) is 5.16 Å². The van der Waals surface area contributed by atoms with Crippen LogP contribution in [0.15, 0.2) is 5.16 Å². The third kappa shape index (κ3) is 3.37. The Balaban J connectivity index is 1.75. The average Bonchev–Trinajstić information content (AvgIpc) is 2.82. The quantitative estimate of drug-likeness (QED) is 0.665. The van der Waals surface area contributed by atoms with Gasteiger partial charge in [-0.2, -0.15) is 0 Å². The summed E-state index contributed by atoms with van der Waals surface area (Å²) in [5.41, 5.74) is 7.28. The zero-order chi connectivity index (χ0) is 17.4. The zero-order valence-corrected chi connectivity index (χ0v) is 16.3. The molecule has 2 aromatic rings. The standard InChI is InChI=1S/C17H24N4OS2/c1-9-5-7-21(8-6-9)16(22)12(4)24-17-19-14(18)13-10(2)11(3)23-15(13)20-17/h9,12H,5-8H2,1-4H3,(H2,18,19,20). The lowest BCUT2D eigenvalue weighted by Crippen LogP contribution is -2.41. The number of hydrogen-bond acceptors (Lipinski definition) is 6. The van der Waals surface area contributed by atoms with Gasteiger partial charge in [-0.3, -0.25) is 4.79 Å². The van der Waals surface area contributed by atoms with Gasteiger partial charge in [0, 0.05) is 18.0 Å². The molecular weight excluding hydrogens is 340 g/mol. The van der Waals surface area contributed by atoms with Crippen molar-refractivity contribution in [2.75, 3.05) is 18.8 Å². The van der Waals surface area contributed by atoms with E-state index in [1.807, 2.05) is 18.7 Å². The van der Waals surface area contributed by atoms with Crippen LogP contribution in [-0.4, -0.2) is 39.1 Å². The van der Waals surface area contributed by atoms with Crippen molar-refractivity contribution in [1.29, 1.82) is 0 Å². The van der Waals surface area contributed by atoms with E-state index >= 15 is 0 Å². The highest BCUT2D eigenvalue weighted by molar-refractivity contribution is 8.00. The minimum Gasteiger partial charge on any atom is -0.383 e. The van der Waals surface area contributed by atoms with Crippen LogP contribution in [0.2, 0.25) is 0 Å². The molecule has 3 heterocycles. The van der Waals surface area contributed by atoms with Crippen molar-refractivity contribution < 1.29 is 4.79 Å². The highest BCUT2D eigenvalue weighted by Gasteiger charge is 2.26. The molecule has 0 saturated carbocycles. The van der Waals surface area contributed by atoms with Crippen molar-refractivity contribution >= 4 is 45.0 Å². The fraction of sp³-hybridized carbons (Fsp3) is 0.588. The molecule has 2 aromatic heterocycles. The first-order valence-electron chi connectivity index (χ1n) is 8.35. The van der Waals surface area contributed by atoms with Gasteiger partial charge in [-0.15, -0.1) is 11.3 Å². The van der Waals surface area contributed by atoms with Gasteiger partial charge in [0.1, 0.15) is 10.6 Å². The minimum atomic E-state index is -0.197. The molecule has 0 aromatic carbocycles. The molecule has 1 saturated heterocycles. The maximum atomic E-state index is 12.6. The molecule has 0 radical (unpaired) electrons. The van der Waals surface area contributed by atoms with Crippen LogP contribution >= 0.6 is 23.1 Å². The Labute approximate surface area is 151 Å². The van der Waals surface area contributed by atoms with Gasteiger partial charge < -0.3 is 10.6 Å². The van der Waals surface area contributed by atoms with E-state index < -0.39 is 0 Å². The van der Waals surface area contributed by atoms with Gasteiger partial charge in [0.2, 0.25) is 5.91 Å². The van der Waals surface area contributed by atoms with Crippen LogP contribution in [0.5, 0.6) is 0 Å². The molecule has 1 aliphatic rings. The fourth-order valence-electron chi connectivity index (χ4n) is 3.01. The number of nitrogens with two attached hydrogens (primary N) is 1. The number of nitrogens with zero attached hydrogens (tertiary/aromatic N) is 3. The molecule has 1 unspecified atom stereocenters. The van der Waals surface area contributed by atoms with Gasteiger partial charge in [-0.05, 0) is 45.1 Å². The molecule has 1 amide bonds. The number of anilines is 1. The molecule has 3 rings (SSSR count). The number of hydrogen-bond donors (Lipinski definition) is 1. The molecule has 5 nitrogen and oxygen atoms in total. The number of likely N-dealkylation sites (tertiary alicyclic amines) is 1. The lowest BCUT2D eigenvalue weighted by atomic mass is 9.99. The lowest BCUT2D eigenvalue weighted by Gasteiger charge is -2.31. The van der Waals surface area contributed by atoms with Crippen molar-refractivity contribution in [3.63, 3.8) is 0 Å². The number of rotatable bonds is 3. The van der Waals surface area contributed by atoms with E-state index in [1.165, 1.54) is 16.6 Å². The predicted octanol–water partition coefficient (Wildman–Crippen LogP) is 3.63. The molecule has 130 valence electrons. The van der Waals surface area contributed by atoms with Gasteiger partial charge in [-0.25, -0.2) is 9.97 Å². The Hall–Kier alpha value is -1.34. The Morgan fingerprint density at radius 2 is 2.00 bits per heavy atom. The second kappa shape index (κ2) is 6.88. The van der Waals surface area contributed by atoms with E-state index in [1.54, 1.807) is 11.3 Å². The molecule has 7 heteroatoms. The van der Waals surface area contributed by atoms with Crippen LogP contribution in [0.1, 0.15) is 37.1 Å². The molecular formula is C17H24N4OS2. The Bertz CT molecular complexity index is 766. The molecule has 0 bridgehead atoms. The van der Waals surface area contributed by atoms with Crippen LogP contribution in [0.3, 0.4) is 0 Å². The highest BCUT2D eigenvalue weighted by Crippen LogP contribution is 2.34. The number of carbonyl (C=O) groups excluding carboxylic acids is 1. The molecule has 1 fully saturated rings. The fourth-order valence-corrected chi connectivity index (χ4v) is 4.96. The van der Waals surface area contributed by atoms with Crippen molar-refractivity contribution in [2.45, 2.75) is 50.9 Å². The van der Waals surface area contributed by atoms with Gasteiger partial charge in [0.25, 0.3) is 0 Å². The number of aromatic nitrogens is 2. The van der Waals surface area contributed by atoms with Crippen molar-refractivity contribution in [3.8, 4) is 0 Å². The first kappa shape index (κ1) is 17.5. The van der Waals surface area contributed by atoms with Crippen molar-refractivity contribution in [2.24, 2.45) is 5.92 Å². The summed E-state index contributed by atoms with van der Waals surface area (Å²) in [6.07, 6.45) is 2.18.